The van der Waals surface area contributed by atoms with Crippen molar-refractivity contribution in [3.63, 3.8) is 0 Å². The topological polar surface area (TPSA) is 37.8 Å². The van der Waals surface area contributed by atoms with Crippen molar-refractivity contribution in [2.75, 3.05) is 5.32 Å². The number of anilines is 1. The number of aromatic nitrogens is 2. The molecule has 0 aliphatic carbocycles. The predicted octanol–water partition coefficient (Wildman–Crippen LogP) is 8.10. The van der Waals surface area contributed by atoms with Gasteiger partial charge in [0.15, 0.2) is 0 Å². The molecule has 1 unspecified atom stereocenters. The fourth-order valence-corrected chi connectivity index (χ4v) is 4.18. The molecule has 0 aliphatic heterocycles. The fraction of sp³-hybridized carbons (Fsp3) is 0.103. The number of nitrogens with zero attached hydrogens (tertiary/aromatic N) is 2. The van der Waals surface area contributed by atoms with E-state index in [4.69, 9.17) is 21.6 Å². The molecular weight excluding hydrogens is 426 g/mol. The average Bonchev–Trinajstić information content (AvgIpc) is 2.85. The molecule has 2 aromatic heterocycles. The van der Waals surface area contributed by atoms with Crippen LogP contribution in [0, 0.1) is 6.92 Å². The van der Waals surface area contributed by atoms with E-state index in [2.05, 4.69) is 79.8 Å². The molecule has 0 saturated carbocycles. The molecule has 0 fully saturated rings. The van der Waals surface area contributed by atoms with Crippen molar-refractivity contribution in [1.29, 1.82) is 0 Å². The van der Waals surface area contributed by atoms with E-state index in [0.29, 0.717) is 0 Å². The maximum absolute atomic E-state index is 6.00. The lowest BCUT2D eigenvalue weighted by Gasteiger charge is -2.16. The summed E-state index contributed by atoms with van der Waals surface area (Å²) in [6.45, 7) is 4.28. The zero-order valence-electron chi connectivity index (χ0n) is 18.6. The van der Waals surface area contributed by atoms with Gasteiger partial charge in [0.2, 0.25) is 0 Å². The number of fused-ring (bicyclic) bond motifs is 1. The monoisotopic (exact) mass is 449 g/mol. The lowest BCUT2D eigenvalue weighted by molar-refractivity contribution is 0.876. The quantitative estimate of drug-likeness (QED) is 0.294. The van der Waals surface area contributed by atoms with Crippen LogP contribution in [-0.2, 0) is 0 Å². The van der Waals surface area contributed by atoms with E-state index in [9.17, 15) is 0 Å². The largest absolute Gasteiger partial charge is 0.364 e. The second-order valence-electron chi connectivity index (χ2n) is 8.27. The van der Waals surface area contributed by atoms with E-state index >= 15 is 0 Å². The molecule has 5 rings (SSSR count). The van der Waals surface area contributed by atoms with Gasteiger partial charge in [-0.25, -0.2) is 4.98 Å². The van der Waals surface area contributed by atoms with Crippen molar-refractivity contribution in [2.24, 2.45) is 0 Å². The van der Waals surface area contributed by atoms with Crippen molar-refractivity contribution in [1.82, 2.24) is 9.97 Å². The first-order chi connectivity index (χ1) is 16.1. The van der Waals surface area contributed by atoms with Crippen LogP contribution in [0.5, 0.6) is 0 Å². The Morgan fingerprint density at radius 3 is 2.24 bits per heavy atom. The molecule has 0 amide bonds. The van der Waals surface area contributed by atoms with E-state index in [1.54, 1.807) is 0 Å². The Morgan fingerprint density at radius 1 is 0.788 bits per heavy atom. The third-order valence-corrected chi connectivity index (χ3v) is 6.17. The minimum absolute atomic E-state index is 0.179. The highest BCUT2D eigenvalue weighted by Crippen LogP contribution is 2.29. The molecular formula is C29H24ClN3. The molecule has 3 nitrogen and oxygen atoms in total. The number of hydrogen-bond donors (Lipinski definition) is 1. The highest BCUT2D eigenvalue weighted by atomic mass is 35.5. The van der Waals surface area contributed by atoms with Crippen LogP contribution in [-0.4, -0.2) is 9.97 Å². The first kappa shape index (κ1) is 21.2. The van der Waals surface area contributed by atoms with Crippen LogP contribution in [0.4, 0.5) is 5.82 Å². The van der Waals surface area contributed by atoms with E-state index in [1.165, 1.54) is 11.1 Å². The molecule has 5 aromatic rings. The maximum Gasteiger partial charge on any atom is 0.127 e. The summed E-state index contributed by atoms with van der Waals surface area (Å²) in [6, 6.07) is 31.0. The van der Waals surface area contributed by atoms with Crippen LogP contribution in [0.2, 0.25) is 5.02 Å². The Bertz CT molecular complexity index is 1400. The summed E-state index contributed by atoms with van der Waals surface area (Å²) in [5.74, 6) is 0.884. The molecule has 0 aliphatic rings. The third-order valence-electron chi connectivity index (χ3n) is 5.92. The van der Waals surface area contributed by atoms with Crippen molar-refractivity contribution in [3.05, 3.63) is 113 Å². The SMILES string of the molecule is Cc1cc(NC(C)c2ccccc2)nc2ccc(-c3ccc(-c4ccc(Cl)cc4)cn3)cc12. The Morgan fingerprint density at radius 2 is 1.52 bits per heavy atom. The minimum Gasteiger partial charge on any atom is -0.364 e. The summed E-state index contributed by atoms with van der Waals surface area (Å²) < 4.78 is 0. The summed E-state index contributed by atoms with van der Waals surface area (Å²) in [5.41, 5.74) is 7.57. The summed E-state index contributed by atoms with van der Waals surface area (Å²) in [6.07, 6.45) is 1.91. The van der Waals surface area contributed by atoms with Gasteiger partial charge in [-0.2, -0.15) is 0 Å². The van der Waals surface area contributed by atoms with Gasteiger partial charge >= 0.3 is 0 Å². The third kappa shape index (κ3) is 4.59. The van der Waals surface area contributed by atoms with Crippen LogP contribution in [0.1, 0.15) is 24.1 Å². The molecule has 1 N–H and O–H groups in total. The number of nitrogens with one attached hydrogen (secondary N) is 1. The van der Waals surface area contributed by atoms with Crippen LogP contribution in [0.15, 0.2) is 97.2 Å². The number of hydrogen-bond acceptors (Lipinski definition) is 3. The minimum atomic E-state index is 0.179. The standard InChI is InChI=1S/C29H24ClN3/c1-19-16-29(32-20(2)21-6-4-3-5-7-21)33-28-15-10-23(17-26(19)28)27-14-11-24(18-31-27)22-8-12-25(30)13-9-22/h3-18,20H,1-2H3,(H,32,33). The van der Waals surface area contributed by atoms with E-state index < -0.39 is 0 Å². The Kier molecular flexibility index (Phi) is 5.80. The number of aryl methyl sites for hydroxylation is 1. The second kappa shape index (κ2) is 9.05. The summed E-state index contributed by atoms with van der Waals surface area (Å²) in [4.78, 5) is 9.56. The average molecular weight is 450 g/mol. The molecule has 0 radical (unpaired) electrons. The number of rotatable bonds is 5. The highest BCUT2D eigenvalue weighted by molar-refractivity contribution is 6.30. The second-order valence-corrected chi connectivity index (χ2v) is 8.71. The Balaban J connectivity index is 1.41. The van der Waals surface area contributed by atoms with Gasteiger partial charge in [0, 0.05) is 33.8 Å². The zero-order valence-corrected chi connectivity index (χ0v) is 19.3. The van der Waals surface area contributed by atoms with Crippen molar-refractivity contribution < 1.29 is 0 Å². The van der Waals surface area contributed by atoms with E-state index in [0.717, 1.165) is 44.1 Å². The van der Waals surface area contributed by atoms with Crippen LogP contribution >= 0.6 is 11.6 Å². The van der Waals surface area contributed by atoms with Crippen molar-refractivity contribution >= 4 is 28.3 Å². The van der Waals surface area contributed by atoms with Crippen LogP contribution in [0.25, 0.3) is 33.3 Å². The van der Waals surface area contributed by atoms with E-state index in [1.807, 2.05) is 36.5 Å². The van der Waals surface area contributed by atoms with Gasteiger partial charge in [-0.1, -0.05) is 66.2 Å². The summed E-state index contributed by atoms with van der Waals surface area (Å²) in [7, 11) is 0. The molecule has 0 bridgehead atoms. The van der Waals surface area contributed by atoms with Gasteiger partial charge in [-0.3, -0.25) is 4.98 Å². The van der Waals surface area contributed by atoms with Gasteiger partial charge < -0.3 is 5.32 Å². The van der Waals surface area contributed by atoms with Crippen molar-refractivity contribution in [3.8, 4) is 22.4 Å². The van der Waals surface area contributed by atoms with Gasteiger partial charge in [-0.15, -0.1) is 0 Å². The molecule has 4 heteroatoms. The molecule has 0 spiro atoms. The van der Waals surface area contributed by atoms with Crippen molar-refractivity contribution in [2.45, 2.75) is 19.9 Å². The number of benzene rings is 3. The Hall–Kier alpha value is -3.69. The van der Waals surface area contributed by atoms with Crippen LogP contribution < -0.4 is 5.32 Å². The molecule has 0 saturated heterocycles. The molecule has 33 heavy (non-hydrogen) atoms. The van der Waals surface area contributed by atoms with Gasteiger partial charge in [-0.05, 0) is 66.9 Å². The molecule has 1 atom stereocenters. The van der Waals surface area contributed by atoms with E-state index in [-0.39, 0.29) is 6.04 Å². The molecule has 2 heterocycles. The first-order valence-corrected chi connectivity index (χ1v) is 11.4. The predicted molar refractivity (Wildman–Crippen MR) is 139 cm³/mol. The maximum atomic E-state index is 6.00. The van der Waals surface area contributed by atoms with Gasteiger partial charge in [0.25, 0.3) is 0 Å². The highest BCUT2D eigenvalue weighted by Gasteiger charge is 2.10. The van der Waals surface area contributed by atoms with Gasteiger partial charge in [0.1, 0.15) is 5.82 Å². The number of pyridine rings is 2. The van der Waals surface area contributed by atoms with Crippen LogP contribution in [0.3, 0.4) is 0 Å². The molecule has 162 valence electrons. The summed E-state index contributed by atoms with van der Waals surface area (Å²) >= 11 is 6.00. The lowest BCUT2D eigenvalue weighted by Crippen LogP contribution is -2.08. The normalized spacial score (nSPS) is 12.0. The zero-order chi connectivity index (χ0) is 22.8. The fourth-order valence-electron chi connectivity index (χ4n) is 4.05. The Labute approximate surface area is 199 Å². The number of halogens is 1. The van der Waals surface area contributed by atoms with Gasteiger partial charge in [0.05, 0.1) is 11.2 Å². The lowest BCUT2D eigenvalue weighted by atomic mass is 10.0. The molecule has 3 aromatic carbocycles. The first-order valence-electron chi connectivity index (χ1n) is 11.0. The smallest absolute Gasteiger partial charge is 0.127 e. The summed E-state index contributed by atoms with van der Waals surface area (Å²) in [5, 5.41) is 5.40.